The lowest BCUT2D eigenvalue weighted by molar-refractivity contribution is 0.0378. The van der Waals surface area contributed by atoms with Gasteiger partial charge in [0.15, 0.2) is 6.10 Å². The van der Waals surface area contributed by atoms with Gasteiger partial charge in [0.05, 0.1) is 5.56 Å². The van der Waals surface area contributed by atoms with Crippen LogP contribution in [-0.2, 0) is 4.74 Å². The first-order valence-electron chi connectivity index (χ1n) is 9.79. The van der Waals surface area contributed by atoms with Crippen molar-refractivity contribution >= 4 is 21.9 Å². The summed E-state index contributed by atoms with van der Waals surface area (Å²) in [5.74, 6) is -0.345. The first kappa shape index (κ1) is 20.1. The monoisotopic (exact) mass is 456 g/mol. The smallest absolute Gasteiger partial charge is 0.339 e. The third-order valence-corrected chi connectivity index (χ3v) is 5.53. The van der Waals surface area contributed by atoms with Gasteiger partial charge >= 0.3 is 5.97 Å². The summed E-state index contributed by atoms with van der Waals surface area (Å²) in [6.45, 7) is 2.07. The van der Waals surface area contributed by atoms with Gasteiger partial charge in [0.2, 0.25) is 0 Å². The molecule has 0 amide bonds. The van der Waals surface area contributed by atoms with E-state index < -0.39 is 6.10 Å². The number of benzene rings is 4. The second kappa shape index (κ2) is 9.10. The summed E-state index contributed by atoms with van der Waals surface area (Å²) in [5.41, 5.74) is 5.80. The molecule has 3 heteroatoms. The minimum absolute atomic E-state index is 0.345. The Hall–Kier alpha value is -3.17. The number of carbonyl (C=O) groups is 1. The van der Waals surface area contributed by atoms with Gasteiger partial charge in [-0.15, -0.1) is 0 Å². The highest BCUT2D eigenvalue weighted by atomic mass is 79.9. The van der Waals surface area contributed by atoms with E-state index in [2.05, 4.69) is 47.1 Å². The highest BCUT2D eigenvalue weighted by molar-refractivity contribution is 9.10. The molecule has 4 aromatic rings. The van der Waals surface area contributed by atoms with Crippen LogP contribution in [-0.4, -0.2) is 5.97 Å². The van der Waals surface area contributed by atoms with Crippen LogP contribution in [0.1, 0.15) is 33.2 Å². The molecule has 0 spiro atoms. The predicted molar refractivity (Wildman–Crippen MR) is 124 cm³/mol. The summed E-state index contributed by atoms with van der Waals surface area (Å²) in [4.78, 5) is 12.9. The normalized spacial score (nSPS) is 11.7. The van der Waals surface area contributed by atoms with Crippen molar-refractivity contribution in [2.75, 3.05) is 0 Å². The van der Waals surface area contributed by atoms with Gasteiger partial charge in [0, 0.05) is 4.47 Å². The molecule has 2 nitrogen and oxygen atoms in total. The molecule has 0 aliphatic heterocycles. The SMILES string of the molecule is Cc1ccc(-c2ccc(C(=O)OC(c3ccccc3)c3ccc(Br)cc3)cc2)cc1. The maximum atomic E-state index is 12.9. The van der Waals surface area contributed by atoms with Crippen molar-refractivity contribution in [2.24, 2.45) is 0 Å². The Bertz CT molecular complexity index is 1120. The van der Waals surface area contributed by atoms with Crippen molar-refractivity contribution in [3.63, 3.8) is 0 Å². The summed E-state index contributed by atoms with van der Waals surface area (Å²) in [6.07, 6.45) is -0.469. The predicted octanol–water partition coefficient (Wildman–Crippen LogP) is 7.37. The van der Waals surface area contributed by atoms with Crippen LogP contribution in [0.3, 0.4) is 0 Å². The van der Waals surface area contributed by atoms with E-state index in [1.165, 1.54) is 5.56 Å². The van der Waals surface area contributed by atoms with Crippen LogP contribution in [0, 0.1) is 6.92 Å². The van der Waals surface area contributed by atoms with E-state index in [1.807, 2.05) is 78.9 Å². The number of aryl methyl sites for hydroxylation is 1. The molecule has 30 heavy (non-hydrogen) atoms. The Labute approximate surface area is 185 Å². The fourth-order valence-electron chi connectivity index (χ4n) is 3.31. The van der Waals surface area contributed by atoms with Crippen molar-refractivity contribution < 1.29 is 9.53 Å². The molecule has 148 valence electrons. The van der Waals surface area contributed by atoms with Crippen molar-refractivity contribution in [3.8, 4) is 11.1 Å². The van der Waals surface area contributed by atoms with Gasteiger partial charge in [-0.05, 0) is 53.4 Å². The summed E-state index contributed by atoms with van der Waals surface area (Å²) in [5, 5.41) is 0. The minimum atomic E-state index is -0.469. The lowest BCUT2D eigenvalue weighted by Crippen LogP contribution is -2.13. The second-order valence-electron chi connectivity index (χ2n) is 7.19. The molecule has 0 radical (unpaired) electrons. The first-order chi connectivity index (χ1) is 14.6. The fourth-order valence-corrected chi connectivity index (χ4v) is 3.58. The van der Waals surface area contributed by atoms with Gasteiger partial charge in [-0.3, -0.25) is 0 Å². The Morgan fingerprint density at radius 3 is 1.83 bits per heavy atom. The minimum Gasteiger partial charge on any atom is -0.449 e. The number of esters is 1. The maximum absolute atomic E-state index is 12.9. The van der Waals surface area contributed by atoms with E-state index in [1.54, 1.807) is 0 Å². The standard InChI is InChI=1S/C27H21BrO2/c1-19-7-9-20(10-8-19)21-11-13-24(14-12-21)27(29)30-26(22-5-3-2-4-6-22)23-15-17-25(28)18-16-23/h2-18,26H,1H3. The van der Waals surface area contributed by atoms with Gasteiger partial charge in [-0.1, -0.05) is 100 Å². The molecule has 0 N–H and O–H groups in total. The van der Waals surface area contributed by atoms with E-state index in [9.17, 15) is 4.79 Å². The van der Waals surface area contributed by atoms with Gasteiger partial charge in [0.1, 0.15) is 0 Å². The Morgan fingerprint density at radius 1 is 0.700 bits per heavy atom. The average Bonchev–Trinajstić information content (AvgIpc) is 2.79. The maximum Gasteiger partial charge on any atom is 0.339 e. The highest BCUT2D eigenvalue weighted by Gasteiger charge is 2.20. The van der Waals surface area contributed by atoms with Gasteiger partial charge in [0.25, 0.3) is 0 Å². The second-order valence-corrected chi connectivity index (χ2v) is 8.11. The number of hydrogen-bond donors (Lipinski definition) is 0. The van der Waals surface area contributed by atoms with Crippen LogP contribution in [0.5, 0.6) is 0 Å². The first-order valence-corrected chi connectivity index (χ1v) is 10.6. The quantitative estimate of drug-likeness (QED) is 0.293. The lowest BCUT2D eigenvalue weighted by atomic mass is 10.0. The zero-order valence-corrected chi connectivity index (χ0v) is 18.2. The van der Waals surface area contributed by atoms with Gasteiger partial charge < -0.3 is 4.74 Å². The zero-order valence-electron chi connectivity index (χ0n) is 16.6. The number of ether oxygens (including phenoxy) is 1. The molecule has 0 aliphatic rings. The summed E-state index contributed by atoms with van der Waals surface area (Å²) in [6, 6.07) is 33.5. The molecule has 1 unspecified atom stereocenters. The van der Waals surface area contributed by atoms with Crippen molar-refractivity contribution in [1.29, 1.82) is 0 Å². The molecule has 0 heterocycles. The number of carbonyl (C=O) groups excluding carboxylic acids is 1. The van der Waals surface area contributed by atoms with Crippen molar-refractivity contribution in [2.45, 2.75) is 13.0 Å². The topological polar surface area (TPSA) is 26.3 Å². The molecule has 1 atom stereocenters. The Balaban J connectivity index is 1.58. The molecule has 0 bridgehead atoms. The van der Waals surface area contributed by atoms with Crippen molar-refractivity contribution in [3.05, 3.63) is 130 Å². The molecule has 0 aromatic heterocycles. The molecule has 4 aromatic carbocycles. The fraction of sp³-hybridized carbons (Fsp3) is 0.0741. The van der Waals surface area contributed by atoms with Gasteiger partial charge in [-0.2, -0.15) is 0 Å². The van der Waals surface area contributed by atoms with E-state index in [-0.39, 0.29) is 5.97 Å². The summed E-state index contributed by atoms with van der Waals surface area (Å²) >= 11 is 3.46. The summed E-state index contributed by atoms with van der Waals surface area (Å²) < 4.78 is 6.94. The van der Waals surface area contributed by atoms with Crippen LogP contribution < -0.4 is 0 Å². The molecule has 0 saturated carbocycles. The Morgan fingerprint density at radius 2 is 1.23 bits per heavy atom. The molecular weight excluding hydrogens is 436 g/mol. The molecule has 0 saturated heterocycles. The average molecular weight is 457 g/mol. The van der Waals surface area contributed by atoms with Crippen LogP contribution in [0.25, 0.3) is 11.1 Å². The molecular formula is C27H21BrO2. The van der Waals surface area contributed by atoms with E-state index >= 15 is 0 Å². The van der Waals surface area contributed by atoms with Crippen molar-refractivity contribution in [1.82, 2.24) is 0 Å². The number of halogens is 1. The van der Waals surface area contributed by atoms with Crippen LogP contribution in [0.2, 0.25) is 0 Å². The third kappa shape index (κ3) is 4.69. The van der Waals surface area contributed by atoms with E-state index in [0.717, 1.165) is 26.7 Å². The Kier molecular flexibility index (Phi) is 6.10. The van der Waals surface area contributed by atoms with E-state index in [4.69, 9.17) is 4.74 Å². The van der Waals surface area contributed by atoms with Gasteiger partial charge in [-0.25, -0.2) is 4.79 Å². The lowest BCUT2D eigenvalue weighted by Gasteiger charge is -2.19. The molecule has 4 rings (SSSR count). The van der Waals surface area contributed by atoms with Crippen LogP contribution in [0.4, 0.5) is 0 Å². The largest absolute Gasteiger partial charge is 0.449 e. The highest BCUT2D eigenvalue weighted by Crippen LogP contribution is 2.29. The molecule has 0 aliphatic carbocycles. The molecule has 0 fully saturated rings. The van der Waals surface area contributed by atoms with Crippen LogP contribution in [0.15, 0.2) is 108 Å². The zero-order chi connectivity index (χ0) is 20.9. The van der Waals surface area contributed by atoms with Crippen LogP contribution >= 0.6 is 15.9 Å². The third-order valence-electron chi connectivity index (χ3n) is 5.01. The van der Waals surface area contributed by atoms with E-state index in [0.29, 0.717) is 5.56 Å². The summed E-state index contributed by atoms with van der Waals surface area (Å²) in [7, 11) is 0. The number of rotatable bonds is 5. The number of hydrogen-bond acceptors (Lipinski definition) is 2.